The first-order valence-electron chi connectivity index (χ1n) is 18.6. The van der Waals surface area contributed by atoms with E-state index in [2.05, 4.69) is 189 Å². The fourth-order valence-electron chi connectivity index (χ4n) is 8.81. The Hall–Kier alpha value is -6.84. The summed E-state index contributed by atoms with van der Waals surface area (Å²) < 4.78 is 13.5. The number of rotatable bonds is 5. The topological polar surface area (TPSA) is 29.5 Å². The van der Waals surface area contributed by atoms with Gasteiger partial charge in [0.25, 0.3) is 0 Å². The predicted octanol–water partition coefficient (Wildman–Crippen LogP) is 14.6. The molecule has 0 saturated carbocycles. The number of hydrogen-bond acceptors (Lipinski definition) is 3. The van der Waals surface area contributed by atoms with E-state index in [9.17, 15) is 0 Å². The van der Waals surface area contributed by atoms with Gasteiger partial charge in [0.2, 0.25) is 0 Å². The van der Waals surface area contributed by atoms with Crippen molar-refractivity contribution in [2.75, 3.05) is 4.90 Å². The molecule has 8 aromatic carbocycles. The van der Waals surface area contributed by atoms with E-state index in [1.807, 2.05) is 6.07 Å². The lowest BCUT2D eigenvalue weighted by Gasteiger charge is -2.29. The molecule has 0 spiro atoms. The van der Waals surface area contributed by atoms with E-state index in [0.717, 1.165) is 77.6 Å². The van der Waals surface area contributed by atoms with Crippen molar-refractivity contribution < 1.29 is 8.83 Å². The van der Waals surface area contributed by atoms with Gasteiger partial charge in [-0.25, -0.2) is 0 Å². The Morgan fingerprint density at radius 1 is 0.389 bits per heavy atom. The molecule has 0 bridgehead atoms. The molecule has 256 valence electrons. The maximum atomic E-state index is 7.00. The Labute approximate surface area is 313 Å². The maximum absolute atomic E-state index is 7.00. The van der Waals surface area contributed by atoms with Crippen molar-refractivity contribution in [2.24, 2.45) is 0 Å². The van der Waals surface area contributed by atoms with Crippen molar-refractivity contribution in [3.8, 4) is 33.4 Å². The van der Waals surface area contributed by atoms with E-state index < -0.39 is 0 Å². The highest BCUT2D eigenvalue weighted by Crippen LogP contribution is 2.52. The van der Waals surface area contributed by atoms with E-state index in [0.29, 0.717) is 0 Å². The molecule has 1 aliphatic rings. The summed E-state index contributed by atoms with van der Waals surface area (Å²) in [6.45, 7) is 4.68. The second-order valence-corrected chi connectivity index (χ2v) is 14.9. The Kier molecular flexibility index (Phi) is 6.60. The third-order valence-corrected chi connectivity index (χ3v) is 11.5. The van der Waals surface area contributed by atoms with Crippen LogP contribution in [0.15, 0.2) is 185 Å². The molecule has 2 aromatic heterocycles. The van der Waals surface area contributed by atoms with Gasteiger partial charge in [-0.3, -0.25) is 0 Å². The summed E-state index contributed by atoms with van der Waals surface area (Å²) in [6, 6.07) is 62.9. The first-order chi connectivity index (χ1) is 26.5. The van der Waals surface area contributed by atoms with Gasteiger partial charge < -0.3 is 13.7 Å². The van der Waals surface area contributed by atoms with Crippen molar-refractivity contribution >= 4 is 60.9 Å². The van der Waals surface area contributed by atoms with Crippen molar-refractivity contribution in [3.05, 3.63) is 187 Å². The second kappa shape index (κ2) is 11.6. The molecule has 10 aromatic rings. The molecule has 54 heavy (non-hydrogen) atoms. The predicted molar refractivity (Wildman–Crippen MR) is 224 cm³/mol. The van der Waals surface area contributed by atoms with Crippen LogP contribution in [0.1, 0.15) is 25.0 Å². The van der Waals surface area contributed by atoms with Crippen LogP contribution in [0.3, 0.4) is 0 Å². The fourth-order valence-corrected chi connectivity index (χ4v) is 8.81. The van der Waals surface area contributed by atoms with Crippen LogP contribution in [0.25, 0.3) is 77.3 Å². The lowest BCUT2D eigenvalue weighted by Crippen LogP contribution is -2.17. The number of fused-ring (bicyclic) bond motifs is 9. The smallest absolute Gasteiger partial charge is 0.159 e. The minimum atomic E-state index is -0.144. The number of hydrogen-bond donors (Lipinski definition) is 0. The van der Waals surface area contributed by atoms with E-state index in [1.54, 1.807) is 0 Å². The van der Waals surface area contributed by atoms with Crippen LogP contribution in [0.4, 0.5) is 17.1 Å². The van der Waals surface area contributed by atoms with E-state index in [-0.39, 0.29) is 5.41 Å². The largest absolute Gasteiger partial charge is 0.456 e. The van der Waals surface area contributed by atoms with Gasteiger partial charge in [0.15, 0.2) is 5.58 Å². The highest BCUT2D eigenvalue weighted by Gasteiger charge is 2.36. The molecule has 0 aliphatic heterocycles. The zero-order valence-corrected chi connectivity index (χ0v) is 30.0. The molecule has 0 N–H and O–H groups in total. The van der Waals surface area contributed by atoms with Crippen LogP contribution >= 0.6 is 0 Å². The minimum Gasteiger partial charge on any atom is -0.456 e. The molecule has 0 saturated heterocycles. The molecule has 2 heterocycles. The summed E-state index contributed by atoms with van der Waals surface area (Å²) in [5.74, 6) is 0. The van der Waals surface area contributed by atoms with Gasteiger partial charge in [0.05, 0.1) is 11.4 Å². The molecular weight excluding hydrogens is 659 g/mol. The third-order valence-electron chi connectivity index (χ3n) is 11.5. The number of nitrogens with zero attached hydrogens (tertiary/aromatic N) is 1. The normalized spacial score (nSPS) is 13.1. The molecule has 3 heteroatoms. The van der Waals surface area contributed by atoms with Gasteiger partial charge in [0.1, 0.15) is 16.7 Å². The summed E-state index contributed by atoms with van der Waals surface area (Å²) >= 11 is 0. The summed E-state index contributed by atoms with van der Waals surface area (Å²) in [5, 5.41) is 4.20. The molecular formula is C51H35NO2. The zero-order chi connectivity index (χ0) is 36.0. The standard InChI is InChI=1S/C51H35NO2/c1-51(2)43-21-11-9-19-37(43)38-26-25-35(29-44(38)51)52(45-22-12-10-18-36(45)33-16-7-4-8-17-33)46-23-13-20-39-41-30-48-42(31-49(41)54-50(39)46)40-28-34(24-27-47(40)53-48)32-14-5-3-6-15-32/h3-31H,1-2H3. The first-order valence-corrected chi connectivity index (χ1v) is 18.6. The molecule has 0 fully saturated rings. The van der Waals surface area contributed by atoms with E-state index >= 15 is 0 Å². The number of para-hydroxylation sites is 2. The van der Waals surface area contributed by atoms with Gasteiger partial charge >= 0.3 is 0 Å². The van der Waals surface area contributed by atoms with E-state index in [1.165, 1.54) is 27.8 Å². The molecule has 1 aliphatic carbocycles. The van der Waals surface area contributed by atoms with Gasteiger partial charge in [-0.05, 0) is 87.5 Å². The van der Waals surface area contributed by atoms with Gasteiger partial charge in [-0.1, -0.05) is 141 Å². The Morgan fingerprint density at radius 3 is 1.83 bits per heavy atom. The lowest BCUT2D eigenvalue weighted by molar-refractivity contribution is 0.660. The molecule has 3 nitrogen and oxygen atoms in total. The Bertz CT molecular complexity index is 3080. The molecule has 0 radical (unpaired) electrons. The molecule has 0 atom stereocenters. The highest BCUT2D eigenvalue weighted by atomic mass is 16.3. The number of benzene rings is 8. The van der Waals surface area contributed by atoms with Crippen LogP contribution in [0.5, 0.6) is 0 Å². The van der Waals surface area contributed by atoms with Crippen LogP contribution in [-0.4, -0.2) is 0 Å². The second-order valence-electron chi connectivity index (χ2n) is 14.9. The van der Waals surface area contributed by atoms with Gasteiger partial charge in [0, 0.05) is 38.2 Å². The van der Waals surface area contributed by atoms with Crippen LogP contribution in [0, 0.1) is 0 Å². The number of anilines is 3. The molecule has 11 rings (SSSR count). The Balaban J connectivity index is 1.14. The van der Waals surface area contributed by atoms with E-state index in [4.69, 9.17) is 8.83 Å². The minimum absolute atomic E-state index is 0.144. The van der Waals surface area contributed by atoms with Crippen molar-refractivity contribution in [1.82, 2.24) is 0 Å². The summed E-state index contributed by atoms with van der Waals surface area (Å²) in [5.41, 5.74) is 16.3. The fraction of sp³-hybridized carbons (Fsp3) is 0.0588. The molecule has 0 amide bonds. The monoisotopic (exact) mass is 693 g/mol. The third kappa shape index (κ3) is 4.55. The SMILES string of the molecule is CC1(C)c2ccccc2-c2ccc(N(c3ccccc3-c3ccccc3)c3cccc4c3oc3cc5c(cc34)oc3ccc(-c4ccccc4)cc35)cc21. The molecule has 0 unspecified atom stereocenters. The Morgan fingerprint density at radius 2 is 1.02 bits per heavy atom. The quantitative estimate of drug-likeness (QED) is 0.180. The average molecular weight is 694 g/mol. The lowest BCUT2D eigenvalue weighted by atomic mass is 9.82. The maximum Gasteiger partial charge on any atom is 0.159 e. The van der Waals surface area contributed by atoms with Crippen LogP contribution < -0.4 is 4.90 Å². The first kappa shape index (κ1) is 30.8. The summed E-state index contributed by atoms with van der Waals surface area (Å²) in [4.78, 5) is 2.39. The van der Waals surface area contributed by atoms with Crippen LogP contribution in [0.2, 0.25) is 0 Å². The van der Waals surface area contributed by atoms with Crippen LogP contribution in [-0.2, 0) is 5.41 Å². The van der Waals surface area contributed by atoms with Gasteiger partial charge in [-0.2, -0.15) is 0 Å². The average Bonchev–Trinajstić information content (AvgIpc) is 3.85. The van der Waals surface area contributed by atoms with Crippen molar-refractivity contribution in [1.29, 1.82) is 0 Å². The van der Waals surface area contributed by atoms with Gasteiger partial charge in [-0.15, -0.1) is 0 Å². The van der Waals surface area contributed by atoms with Crippen molar-refractivity contribution in [2.45, 2.75) is 19.3 Å². The number of furan rings is 2. The summed E-state index contributed by atoms with van der Waals surface area (Å²) in [7, 11) is 0. The highest BCUT2D eigenvalue weighted by molar-refractivity contribution is 6.17. The van der Waals surface area contributed by atoms with Crippen molar-refractivity contribution in [3.63, 3.8) is 0 Å². The summed E-state index contributed by atoms with van der Waals surface area (Å²) in [6.07, 6.45) is 0. The zero-order valence-electron chi connectivity index (χ0n) is 30.0.